The average molecular weight is 290 g/mol. The molecule has 0 aliphatic heterocycles. The molecule has 0 radical (unpaired) electrons. The van der Waals surface area contributed by atoms with Crippen LogP contribution in [0.4, 0.5) is 10.5 Å². The molecule has 0 aliphatic rings. The lowest BCUT2D eigenvalue weighted by Crippen LogP contribution is -2.32. The Balaban J connectivity index is 2.68. The molecule has 0 spiro atoms. The Morgan fingerprint density at radius 3 is 2.67 bits per heavy atom. The van der Waals surface area contributed by atoms with Crippen molar-refractivity contribution in [3.8, 4) is 11.8 Å². The van der Waals surface area contributed by atoms with Crippen molar-refractivity contribution in [3.05, 3.63) is 39.4 Å². The van der Waals surface area contributed by atoms with Crippen LogP contribution in [0.25, 0.3) is 0 Å². The molecule has 0 unspecified atom stereocenters. The first-order chi connectivity index (χ1) is 9.69. The Morgan fingerprint density at radius 1 is 1.43 bits per heavy atom. The van der Waals surface area contributed by atoms with Crippen LogP contribution in [0.2, 0.25) is 0 Å². The molecule has 0 saturated carbocycles. The maximum atomic E-state index is 11.4. The lowest BCUT2D eigenvalue weighted by Gasteiger charge is -2.18. The number of rotatable bonds is 2. The zero-order valence-electron chi connectivity index (χ0n) is 12.5. The predicted octanol–water partition coefficient (Wildman–Crippen LogP) is 2.78. The van der Waals surface area contributed by atoms with Crippen LogP contribution >= 0.6 is 0 Å². The van der Waals surface area contributed by atoms with Gasteiger partial charge in [0.2, 0.25) is 0 Å². The number of hydrogen-bond donors (Lipinski definition) is 1. The van der Waals surface area contributed by atoms with E-state index >= 15 is 0 Å². The minimum Gasteiger partial charge on any atom is -0.444 e. The number of aryl methyl sites for hydroxylation is 1. The van der Waals surface area contributed by atoms with Crippen molar-refractivity contribution in [3.63, 3.8) is 0 Å². The molecule has 0 aliphatic carbocycles. The molecule has 0 saturated heterocycles. The molecule has 0 bridgehead atoms. The number of nitro benzene ring substituents is 1. The van der Waals surface area contributed by atoms with Crippen molar-refractivity contribution in [1.82, 2.24) is 5.32 Å². The summed E-state index contributed by atoms with van der Waals surface area (Å²) in [6, 6.07) is 4.80. The molecule has 112 valence electrons. The normalized spacial score (nSPS) is 10.3. The maximum Gasteiger partial charge on any atom is 0.408 e. The first-order valence-corrected chi connectivity index (χ1v) is 6.40. The quantitative estimate of drug-likeness (QED) is 0.516. The molecular formula is C15H18N2O4. The molecule has 6 heteroatoms. The molecule has 21 heavy (non-hydrogen) atoms. The van der Waals surface area contributed by atoms with Gasteiger partial charge in [0.05, 0.1) is 11.5 Å². The molecule has 1 N–H and O–H groups in total. The molecule has 0 aromatic heterocycles. The second-order valence-corrected chi connectivity index (χ2v) is 5.43. The maximum absolute atomic E-state index is 11.4. The van der Waals surface area contributed by atoms with Gasteiger partial charge in [-0.25, -0.2) is 4.79 Å². The lowest BCUT2D eigenvalue weighted by molar-refractivity contribution is -0.385. The molecular weight excluding hydrogens is 272 g/mol. The summed E-state index contributed by atoms with van der Waals surface area (Å²) in [4.78, 5) is 21.8. The first kappa shape index (κ1) is 16.5. The molecule has 0 atom stereocenters. The Hall–Kier alpha value is -2.55. The zero-order valence-corrected chi connectivity index (χ0v) is 12.5. The number of hydrogen-bond acceptors (Lipinski definition) is 4. The van der Waals surface area contributed by atoms with Crippen molar-refractivity contribution < 1.29 is 14.5 Å². The van der Waals surface area contributed by atoms with E-state index < -0.39 is 16.6 Å². The van der Waals surface area contributed by atoms with E-state index in [-0.39, 0.29) is 12.2 Å². The summed E-state index contributed by atoms with van der Waals surface area (Å²) >= 11 is 0. The summed E-state index contributed by atoms with van der Waals surface area (Å²) in [5.74, 6) is 5.34. The number of nitro groups is 1. The highest BCUT2D eigenvalue weighted by atomic mass is 16.6. The molecule has 1 aromatic carbocycles. The number of nitrogens with zero attached hydrogens (tertiary/aromatic N) is 1. The van der Waals surface area contributed by atoms with E-state index in [9.17, 15) is 14.9 Å². The molecule has 0 fully saturated rings. The number of nitrogens with one attached hydrogen (secondary N) is 1. The Labute approximate surface area is 123 Å². The number of alkyl carbamates (subject to hydrolysis) is 1. The lowest BCUT2D eigenvalue weighted by atomic mass is 10.1. The van der Waals surface area contributed by atoms with Gasteiger partial charge in [0.1, 0.15) is 11.2 Å². The smallest absolute Gasteiger partial charge is 0.408 e. The zero-order chi connectivity index (χ0) is 16.0. The van der Waals surface area contributed by atoms with E-state index in [1.807, 2.05) is 0 Å². The molecule has 0 heterocycles. The summed E-state index contributed by atoms with van der Waals surface area (Å²) in [6.45, 7) is 7.10. The molecule has 6 nitrogen and oxygen atoms in total. The van der Waals surface area contributed by atoms with Gasteiger partial charge < -0.3 is 10.1 Å². The van der Waals surface area contributed by atoms with E-state index in [1.54, 1.807) is 39.8 Å². The average Bonchev–Trinajstić information content (AvgIpc) is 2.33. The minimum atomic E-state index is -0.576. The summed E-state index contributed by atoms with van der Waals surface area (Å²) < 4.78 is 5.04. The molecule has 1 aromatic rings. The Morgan fingerprint density at radius 2 is 2.10 bits per heavy atom. The molecule has 1 amide bonds. The highest BCUT2D eigenvalue weighted by Gasteiger charge is 2.15. The number of carbonyl (C=O) groups excluding carboxylic acids is 1. The second kappa shape index (κ2) is 6.75. The minimum absolute atomic E-state index is 0.0419. The SMILES string of the molecule is Cc1ccc(C#CCNC(=O)OC(C)(C)C)c([N+](=O)[O-])c1. The van der Waals surface area contributed by atoms with Crippen LogP contribution in [0.1, 0.15) is 31.9 Å². The van der Waals surface area contributed by atoms with Gasteiger partial charge in [-0.15, -0.1) is 0 Å². The summed E-state index contributed by atoms with van der Waals surface area (Å²) in [5, 5.41) is 13.4. The van der Waals surface area contributed by atoms with Gasteiger partial charge in [0, 0.05) is 6.07 Å². The fraction of sp³-hybridized carbons (Fsp3) is 0.400. The van der Waals surface area contributed by atoms with Crippen molar-refractivity contribution in [2.45, 2.75) is 33.3 Å². The Bertz CT molecular complexity index is 606. The van der Waals surface area contributed by atoms with Gasteiger partial charge in [-0.1, -0.05) is 17.9 Å². The standard InChI is InChI=1S/C15H18N2O4/c1-11-7-8-12(13(10-11)17(19)20)6-5-9-16-14(18)21-15(2,3)4/h7-8,10H,9H2,1-4H3,(H,16,18). The van der Waals surface area contributed by atoms with E-state index in [0.717, 1.165) is 5.56 Å². The topological polar surface area (TPSA) is 81.5 Å². The third-order valence-electron chi connectivity index (χ3n) is 2.29. The van der Waals surface area contributed by atoms with Crippen LogP contribution in [0.15, 0.2) is 18.2 Å². The van der Waals surface area contributed by atoms with Gasteiger partial charge in [0.25, 0.3) is 5.69 Å². The van der Waals surface area contributed by atoms with Crippen molar-refractivity contribution in [2.24, 2.45) is 0 Å². The van der Waals surface area contributed by atoms with E-state index in [1.165, 1.54) is 6.07 Å². The Kier molecular flexibility index (Phi) is 5.30. The number of ether oxygens (including phenoxy) is 1. The second-order valence-electron chi connectivity index (χ2n) is 5.43. The number of carbonyl (C=O) groups is 1. The van der Waals surface area contributed by atoms with Gasteiger partial charge in [-0.05, 0) is 39.3 Å². The summed E-state index contributed by atoms with van der Waals surface area (Å²) in [7, 11) is 0. The predicted molar refractivity (Wildman–Crippen MR) is 78.9 cm³/mol. The van der Waals surface area contributed by atoms with Gasteiger partial charge in [0.15, 0.2) is 0 Å². The third kappa shape index (κ3) is 5.95. The number of amides is 1. The van der Waals surface area contributed by atoms with Crippen LogP contribution in [0, 0.1) is 28.9 Å². The highest BCUT2D eigenvalue weighted by molar-refractivity contribution is 5.68. The van der Waals surface area contributed by atoms with E-state index in [4.69, 9.17) is 4.74 Å². The fourth-order valence-corrected chi connectivity index (χ4v) is 1.47. The molecule has 1 rings (SSSR count). The monoisotopic (exact) mass is 290 g/mol. The van der Waals surface area contributed by atoms with Gasteiger partial charge in [-0.2, -0.15) is 0 Å². The van der Waals surface area contributed by atoms with Crippen LogP contribution in [0.5, 0.6) is 0 Å². The summed E-state index contributed by atoms with van der Waals surface area (Å²) in [6.07, 6.45) is -0.574. The largest absolute Gasteiger partial charge is 0.444 e. The van der Waals surface area contributed by atoms with Gasteiger partial charge >= 0.3 is 6.09 Å². The van der Waals surface area contributed by atoms with Crippen LogP contribution in [-0.2, 0) is 4.74 Å². The van der Waals surface area contributed by atoms with E-state index in [0.29, 0.717) is 5.56 Å². The van der Waals surface area contributed by atoms with Crippen LogP contribution < -0.4 is 5.32 Å². The summed E-state index contributed by atoms with van der Waals surface area (Å²) in [5.41, 5.74) is 0.489. The van der Waals surface area contributed by atoms with E-state index in [2.05, 4.69) is 17.2 Å². The number of benzene rings is 1. The fourth-order valence-electron chi connectivity index (χ4n) is 1.47. The van der Waals surface area contributed by atoms with Crippen molar-refractivity contribution in [2.75, 3.05) is 6.54 Å². The van der Waals surface area contributed by atoms with Crippen LogP contribution in [-0.4, -0.2) is 23.2 Å². The first-order valence-electron chi connectivity index (χ1n) is 6.40. The third-order valence-corrected chi connectivity index (χ3v) is 2.29. The van der Waals surface area contributed by atoms with Crippen molar-refractivity contribution in [1.29, 1.82) is 0 Å². The van der Waals surface area contributed by atoms with Crippen molar-refractivity contribution >= 4 is 11.8 Å². The highest BCUT2D eigenvalue weighted by Crippen LogP contribution is 2.18. The van der Waals surface area contributed by atoms with Gasteiger partial charge in [-0.3, -0.25) is 10.1 Å². The van der Waals surface area contributed by atoms with Crippen LogP contribution in [0.3, 0.4) is 0 Å².